The van der Waals surface area contributed by atoms with E-state index in [0.29, 0.717) is 16.2 Å². The minimum Gasteiger partial charge on any atom is -0.494 e. The molecule has 5 heteroatoms. The maximum absolute atomic E-state index is 5.58. The molecule has 0 unspecified atom stereocenters. The molecule has 18 heavy (non-hydrogen) atoms. The van der Waals surface area contributed by atoms with Crippen LogP contribution in [0.1, 0.15) is 13.3 Å². The molecule has 94 valence electrons. The summed E-state index contributed by atoms with van der Waals surface area (Å²) in [7, 11) is 0. The molecule has 1 aromatic heterocycles. The Balaban J connectivity index is 2.02. The van der Waals surface area contributed by atoms with Gasteiger partial charge in [-0.15, -0.1) is 0 Å². The van der Waals surface area contributed by atoms with Gasteiger partial charge in [0.1, 0.15) is 22.4 Å². The summed E-state index contributed by atoms with van der Waals surface area (Å²) in [6.45, 7) is 2.80. The summed E-state index contributed by atoms with van der Waals surface area (Å²) < 4.78 is 11.8. The van der Waals surface area contributed by atoms with Crippen LogP contribution in [0.2, 0.25) is 0 Å². The quantitative estimate of drug-likeness (QED) is 0.788. The van der Waals surface area contributed by atoms with Gasteiger partial charge in [-0.05, 0) is 46.6 Å². The van der Waals surface area contributed by atoms with E-state index < -0.39 is 0 Å². The van der Waals surface area contributed by atoms with Gasteiger partial charge in [-0.25, -0.2) is 9.97 Å². The number of rotatable bonds is 5. The molecule has 0 aliphatic heterocycles. The Labute approximate surface area is 114 Å². The second-order valence-corrected chi connectivity index (χ2v) is 4.41. The second kappa shape index (κ2) is 6.35. The Morgan fingerprint density at radius 1 is 1.11 bits per heavy atom. The lowest BCUT2D eigenvalue weighted by Gasteiger charge is -2.07. The van der Waals surface area contributed by atoms with Crippen LogP contribution in [0.3, 0.4) is 0 Å². The summed E-state index contributed by atoms with van der Waals surface area (Å²) in [6.07, 6.45) is 2.44. The first kappa shape index (κ1) is 12.8. The van der Waals surface area contributed by atoms with E-state index in [2.05, 4.69) is 32.8 Å². The normalized spacial score (nSPS) is 10.1. The van der Waals surface area contributed by atoms with Crippen molar-refractivity contribution < 1.29 is 9.47 Å². The lowest BCUT2D eigenvalue weighted by atomic mass is 10.3. The fraction of sp³-hybridized carbons (Fsp3) is 0.231. The molecule has 0 saturated heterocycles. The lowest BCUT2D eigenvalue weighted by molar-refractivity contribution is 0.317. The molecule has 0 aliphatic rings. The highest BCUT2D eigenvalue weighted by Crippen LogP contribution is 2.23. The smallest absolute Gasteiger partial charge is 0.223 e. The van der Waals surface area contributed by atoms with Crippen molar-refractivity contribution in [2.24, 2.45) is 0 Å². The number of nitrogens with zero attached hydrogens (tertiary/aromatic N) is 2. The van der Waals surface area contributed by atoms with Crippen LogP contribution in [0.25, 0.3) is 0 Å². The van der Waals surface area contributed by atoms with Crippen molar-refractivity contribution in [3.63, 3.8) is 0 Å². The summed E-state index contributed by atoms with van der Waals surface area (Å²) >= 11 is 3.26. The Morgan fingerprint density at radius 3 is 2.50 bits per heavy atom. The molecule has 0 bridgehead atoms. The van der Waals surface area contributed by atoms with Gasteiger partial charge in [0.25, 0.3) is 0 Å². The molecule has 0 radical (unpaired) electrons. The standard InChI is InChI=1S/C13H13BrN2O2/c1-2-7-17-10-3-5-11(6-4-10)18-13-8-12(14)15-9-16-13/h3-6,8-9H,2,7H2,1H3. The molecule has 0 saturated carbocycles. The molecule has 0 fully saturated rings. The molecule has 1 aromatic carbocycles. The summed E-state index contributed by atoms with van der Waals surface area (Å²) in [5, 5.41) is 0. The zero-order valence-electron chi connectivity index (χ0n) is 9.97. The molecular formula is C13H13BrN2O2. The summed E-state index contributed by atoms with van der Waals surface area (Å²) in [5.41, 5.74) is 0. The topological polar surface area (TPSA) is 44.2 Å². The molecule has 2 rings (SSSR count). The summed E-state index contributed by atoms with van der Waals surface area (Å²) in [5.74, 6) is 2.05. The van der Waals surface area contributed by atoms with E-state index in [0.717, 1.165) is 18.8 Å². The van der Waals surface area contributed by atoms with Crippen molar-refractivity contribution in [1.29, 1.82) is 0 Å². The third-order valence-electron chi connectivity index (χ3n) is 2.13. The predicted octanol–water partition coefficient (Wildman–Crippen LogP) is 3.82. The van der Waals surface area contributed by atoms with Crippen LogP contribution < -0.4 is 9.47 Å². The van der Waals surface area contributed by atoms with E-state index >= 15 is 0 Å². The van der Waals surface area contributed by atoms with Crippen molar-refractivity contribution in [2.45, 2.75) is 13.3 Å². The van der Waals surface area contributed by atoms with Crippen LogP contribution in [0.4, 0.5) is 0 Å². The highest BCUT2D eigenvalue weighted by molar-refractivity contribution is 9.10. The average molecular weight is 309 g/mol. The first-order chi connectivity index (χ1) is 8.78. The third-order valence-corrected chi connectivity index (χ3v) is 2.56. The van der Waals surface area contributed by atoms with Gasteiger partial charge in [-0.2, -0.15) is 0 Å². The maximum atomic E-state index is 5.58. The Morgan fingerprint density at radius 2 is 1.83 bits per heavy atom. The lowest BCUT2D eigenvalue weighted by Crippen LogP contribution is -1.94. The van der Waals surface area contributed by atoms with Crippen molar-refractivity contribution in [3.8, 4) is 17.4 Å². The fourth-order valence-corrected chi connectivity index (χ4v) is 1.61. The molecule has 4 nitrogen and oxygen atoms in total. The average Bonchev–Trinajstić information content (AvgIpc) is 2.38. The van der Waals surface area contributed by atoms with Gasteiger partial charge in [0.2, 0.25) is 5.88 Å². The van der Waals surface area contributed by atoms with Crippen molar-refractivity contribution in [2.75, 3.05) is 6.61 Å². The van der Waals surface area contributed by atoms with Gasteiger partial charge >= 0.3 is 0 Å². The number of ether oxygens (including phenoxy) is 2. The maximum Gasteiger partial charge on any atom is 0.223 e. The number of aromatic nitrogens is 2. The van der Waals surface area contributed by atoms with Gasteiger partial charge in [-0.3, -0.25) is 0 Å². The molecule has 0 N–H and O–H groups in total. The second-order valence-electron chi connectivity index (χ2n) is 3.60. The summed E-state index contributed by atoms with van der Waals surface area (Å²) in [4.78, 5) is 7.95. The fourth-order valence-electron chi connectivity index (χ4n) is 1.32. The van der Waals surface area contributed by atoms with Crippen LogP contribution in [-0.2, 0) is 0 Å². The van der Waals surface area contributed by atoms with Crippen LogP contribution in [0, 0.1) is 0 Å². The number of benzene rings is 1. The van der Waals surface area contributed by atoms with E-state index in [-0.39, 0.29) is 0 Å². The van der Waals surface area contributed by atoms with Crippen molar-refractivity contribution in [1.82, 2.24) is 9.97 Å². The van der Waals surface area contributed by atoms with E-state index in [9.17, 15) is 0 Å². The van der Waals surface area contributed by atoms with Gasteiger partial charge in [0.05, 0.1) is 6.61 Å². The Bertz CT molecular complexity index is 503. The highest BCUT2D eigenvalue weighted by atomic mass is 79.9. The van der Waals surface area contributed by atoms with Crippen molar-refractivity contribution in [3.05, 3.63) is 41.3 Å². The zero-order chi connectivity index (χ0) is 12.8. The Kier molecular flexibility index (Phi) is 4.52. The zero-order valence-corrected chi connectivity index (χ0v) is 11.6. The van der Waals surface area contributed by atoms with Crippen LogP contribution >= 0.6 is 15.9 Å². The molecule has 0 amide bonds. The molecular weight excluding hydrogens is 296 g/mol. The van der Waals surface area contributed by atoms with Gasteiger partial charge in [-0.1, -0.05) is 6.92 Å². The van der Waals surface area contributed by atoms with E-state index in [4.69, 9.17) is 9.47 Å². The van der Waals surface area contributed by atoms with Crippen LogP contribution in [0.15, 0.2) is 41.3 Å². The molecule has 0 atom stereocenters. The number of hydrogen-bond acceptors (Lipinski definition) is 4. The number of hydrogen-bond donors (Lipinski definition) is 0. The predicted molar refractivity (Wildman–Crippen MR) is 72.0 cm³/mol. The van der Waals surface area contributed by atoms with E-state index in [1.807, 2.05) is 24.3 Å². The molecule has 1 heterocycles. The van der Waals surface area contributed by atoms with Crippen LogP contribution in [0.5, 0.6) is 17.4 Å². The minimum atomic E-state index is 0.499. The van der Waals surface area contributed by atoms with E-state index in [1.165, 1.54) is 6.33 Å². The Hall–Kier alpha value is -1.62. The third kappa shape index (κ3) is 3.70. The SMILES string of the molecule is CCCOc1ccc(Oc2cc(Br)ncn2)cc1. The van der Waals surface area contributed by atoms with Gasteiger partial charge in [0, 0.05) is 6.07 Å². The van der Waals surface area contributed by atoms with Crippen LogP contribution in [-0.4, -0.2) is 16.6 Å². The summed E-state index contributed by atoms with van der Waals surface area (Å²) in [6, 6.07) is 9.16. The molecule has 0 spiro atoms. The number of halogens is 1. The highest BCUT2D eigenvalue weighted by Gasteiger charge is 2.00. The van der Waals surface area contributed by atoms with Crippen molar-refractivity contribution >= 4 is 15.9 Å². The molecule has 2 aromatic rings. The van der Waals surface area contributed by atoms with Gasteiger partial charge < -0.3 is 9.47 Å². The van der Waals surface area contributed by atoms with Gasteiger partial charge in [0.15, 0.2) is 0 Å². The monoisotopic (exact) mass is 308 g/mol. The molecule has 0 aliphatic carbocycles. The van der Waals surface area contributed by atoms with E-state index in [1.54, 1.807) is 6.07 Å². The largest absolute Gasteiger partial charge is 0.494 e. The first-order valence-electron chi connectivity index (χ1n) is 5.66. The first-order valence-corrected chi connectivity index (χ1v) is 6.45. The minimum absolute atomic E-state index is 0.499.